The molecule has 0 fully saturated rings. The molecule has 39 heavy (non-hydrogen) atoms. The summed E-state index contributed by atoms with van der Waals surface area (Å²) in [5.41, 5.74) is -0.443. The molecule has 0 radical (unpaired) electrons. The average molecular weight is 546 g/mol. The number of hydrogen-bond acceptors (Lipinski definition) is 1. The Hall–Kier alpha value is -4.32. The summed E-state index contributed by atoms with van der Waals surface area (Å²) in [6.45, 7) is 2.06. The van der Waals surface area contributed by atoms with Crippen molar-refractivity contribution in [3.63, 3.8) is 0 Å². The summed E-state index contributed by atoms with van der Waals surface area (Å²) in [6, 6.07) is 12.3. The molecule has 200 valence electrons. The summed E-state index contributed by atoms with van der Waals surface area (Å²) < 4.78 is 117. The van der Waals surface area contributed by atoms with Crippen LogP contribution >= 0.6 is 0 Å². The topological polar surface area (TPSA) is 9.23 Å². The summed E-state index contributed by atoms with van der Waals surface area (Å²) in [5, 5.41) is 0. The van der Waals surface area contributed by atoms with Gasteiger partial charge in [-0.25, -0.2) is 26.3 Å². The highest BCUT2D eigenvalue weighted by atomic mass is 19.3. The zero-order valence-electron chi connectivity index (χ0n) is 20.2. The first-order valence-electron chi connectivity index (χ1n) is 11.6. The molecule has 0 atom stereocenters. The van der Waals surface area contributed by atoms with E-state index in [1.54, 1.807) is 0 Å². The fourth-order valence-electron chi connectivity index (χ4n) is 3.81. The van der Waals surface area contributed by atoms with Crippen LogP contribution in [0, 0.1) is 46.7 Å². The molecule has 0 bridgehead atoms. The average Bonchev–Trinajstić information content (AvgIpc) is 2.86. The van der Waals surface area contributed by atoms with E-state index in [4.69, 9.17) is 0 Å². The number of alkyl halides is 2. The number of hydrogen-bond donors (Lipinski definition) is 0. The summed E-state index contributed by atoms with van der Waals surface area (Å²) in [5.74, 6) is -5.69. The number of rotatable bonds is 6. The minimum absolute atomic E-state index is 0.0951. The molecule has 0 aliphatic carbocycles. The molecular weight excluding hydrogens is 528 g/mol. The molecule has 4 aromatic rings. The van der Waals surface area contributed by atoms with Gasteiger partial charge in [0.2, 0.25) is 0 Å². The lowest BCUT2D eigenvalue weighted by atomic mass is 10.0. The number of benzene rings is 4. The van der Waals surface area contributed by atoms with E-state index in [1.165, 1.54) is 12.1 Å². The van der Waals surface area contributed by atoms with Crippen LogP contribution in [0.2, 0.25) is 0 Å². The zero-order chi connectivity index (χ0) is 28.3. The molecule has 0 aromatic heterocycles. The predicted molar refractivity (Wildman–Crippen MR) is 129 cm³/mol. The number of halogens is 8. The molecule has 0 spiro atoms. The van der Waals surface area contributed by atoms with Crippen molar-refractivity contribution in [1.29, 1.82) is 0 Å². The van der Waals surface area contributed by atoms with E-state index in [0.29, 0.717) is 17.7 Å². The van der Waals surface area contributed by atoms with Gasteiger partial charge < -0.3 is 4.74 Å². The molecule has 0 aliphatic heterocycles. The van der Waals surface area contributed by atoms with Gasteiger partial charge in [0, 0.05) is 28.8 Å². The van der Waals surface area contributed by atoms with Gasteiger partial charge in [-0.3, -0.25) is 0 Å². The smallest absolute Gasteiger partial charge is 0.429 e. The third-order valence-corrected chi connectivity index (χ3v) is 5.66. The maximum atomic E-state index is 14.8. The lowest BCUT2D eigenvalue weighted by Gasteiger charge is -2.20. The minimum Gasteiger partial charge on any atom is -0.429 e. The first kappa shape index (κ1) is 27.7. The van der Waals surface area contributed by atoms with E-state index >= 15 is 0 Å². The van der Waals surface area contributed by atoms with Crippen molar-refractivity contribution in [2.24, 2.45) is 0 Å². The van der Waals surface area contributed by atoms with Gasteiger partial charge in [-0.15, -0.1) is 0 Å². The fraction of sp³-hybridized carbons (Fsp3) is 0.133. The summed E-state index contributed by atoms with van der Waals surface area (Å²) >= 11 is 0. The first-order chi connectivity index (χ1) is 18.5. The standard InChI is InChI=1S/C30H18F8O/c1-2-3-17-4-6-18(7-5-17)8-9-19-10-11-22(23(31)12-19)20-13-24(32)28(25(33)14-20)30(37,38)39-21-15-26(34)29(36)27(35)16-21/h4-7,10-16H,2-3H2,1H3. The van der Waals surface area contributed by atoms with E-state index in [-0.39, 0.29) is 23.3 Å². The molecule has 0 amide bonds. The summed E-state index contributed by atoms with van der Waals surface area (Å²) in [6.07, 6.45) is -2.82. The van der Waals surface area contributed by atoms with Crippen LogP contribution in [0.4, 0.5) is 35.1 Å². The van der Waals surface area contributed by atoms with Crippen molar-refractivity contribution in [3.05, 3.63) is 124 Å². The number of aryl methyl sites for hydroxylation is 1. The Morgan fingerprint density at radius 3 is 1.79 bits per heavy atom. The quantitative estimate of drug-likeness (QED) is 0.134. The lowest BCUT2D eigenvalue weighted by molar-refractivity contribution is -0.189. The van der Waals surface area contributed by atoms with Gasteiger partial charge in [0.05, 0.1) is 0 Å². The van der Waals surface area contributed by atoms with E-state index in [2.05, 4.69) is 23.5 Å². The SMILES string of the molecule is CCCc1ccc(C#Cc2ccc(-c3cc(F)c(C(F)(F)Oc4cc(F)c(F)c(F)c4)c(F)c3)c(F)c2)cc1. The van der Waals surface area contributed by atoms with Crippen LogP contribution in [0.1, 0.15) is 35.6 Å². The Balaban J connectivity index is 1.59. The Kier molecular flexibility index (Phi) is 7.95. The van der Waals surface area contributed by atoms with Crippen LogP contribution in [0.15, 0.2) is 66.7 Å². The Morgan fingerprint density at radius 1 is 0.667 bits per heavy atom. The Labute approximate surface area is 218 Å². The second kappa shape index (κ2) is 11.2. The monoisotopic (exact) mass is 546 g/mol. The second-order valence-electron chi connectivity index (χ2n) is 8.53. The van der Waals surface area contributed by atoms with Crippen molar-refractivity contribution in [3.8, 4) is 28.7 Å². The van der Waals surface area contributed by atoms with Crippen LogP contribution in [0.3, 0.4) is 0 Å². The van der Waals surface area contributed by atoms with Gasteiger partial charge in [0.15, 0.2) is 17.5 Å². The van der Waals surface area contributed by atoms with Crippen molar-refractivity contribution in [2.45, 2.75) is 25.9 Å². The molecule has 0 heterocycles. The third-order valence-electron chi connectivity index (χ3n) is 5.66. The van der Waals surface area contributed by atoms with Crippen molar-refractivity contribution in [1.82, 2.24) is 0 Å². The van der Waals surface area contributed by atoms with Crippen molar-refractivity contribution in [2.75, 3.05) is 0 Å². The van der Waals surface area contributed by atoms with Crippen LogP contribution in [-0.4, -0.2) is 0 Å². The van der Waals surface area contributed by atoms with E-state index in [9.17, 15) is 35.1 Å². The highest BCUT2D eigenvalue weighted by Crippen LogP contribution is 2.38. The molecule has 0 saturated carbocycles. The predicted octanol–water partition coefficient (Wildman–Crippen LogP) is 8.67. The van der Waals surface area contributed by atoms with Gasteiger partial charge in [0.25, 0.3) is 0 Å². The molecule has 4 rings (SSSR count). The minimum atomic E-state index is -4.75. The fourth-order valence-corrected chi connectivity index (χ4v) is 3.81. The molecule has 9 heteroatoms. The summed E-state index contributed by atoms with van der Waals surface area (Å²) in [4.78, 5) is 0. The van der Waals surface area contributed by atoms with Crippen LogP contribution in [0.5, 0.6) is 5.75 Å². The molecule has 0 N–H and O–H groups in total. The Morgan fingerprint density at radius 2 is 1.23 bits per heavy atom. The second-order valence-corrected chi connectivity index (χ2v) is 8.53. The van der Waals surface area contributed by atoms with Crippen molar-refractivity contribution < 1.29 is 39.9 Å². The zero-order valence-corrected chi connectivity index (χ0v) is 20.2. The maximum Gasteiger partial charge on any atom is 0.432 e. The van der Waals surface area contributed by atoms with Crippen LogP contribution < -0.4 is 4.74 Å². The van der Waals surface area contributed by atoms with Crippen molar-refractivity contribution >= 4 is 0 Å². The van der Waals surface area contributed by atoms with E-state index < -0.39 is 57.9 Å². The van der Waals surface area contributed by atoms with E-state index in [1.807, 2.05) is 24.3 Å². The third kappa shape index (κ3) is 6.23. The number of ether oxygens (including phenoxy) is 1. The molecule has 1 nitrogen and oxygen atoms in total. The van der Waals surface area contributed by atoms with Gasteiger partial charge in [0.1, 0.15) is 28.8 Å². The Bertz CT molecular complexity index is 1540. The molecule has 0 saturated heterocycles. The van der Waals surface area contributed by atoms with E-state index in [0.717, 1.165) is 24.5 Å². The summed E-state index contributed by atoms with van der Waals surface area (Å²) in [7, 11) is 0. The van der Waals surface area contributed by atoms with Crippen LogP contribution in [-0.2, 0) is 12.5 Å². The molecular formula is C30H18F8O. The van der Waals surface area contributed by atoms with Gasteiger partial charge in [-0.1, -0.05) is 43.4 Å². The molecule has 4 aromatic carbocycles. The molecule has 0 unspecified atom stereocenters. The van der Waals surface area contributed by atoms with Gasteiger partial charge >= 0.3 is 6.11 Å². The van der Waals surface area contributed by atoms with Crippen LogP contribution in [0.25, 0.3) is 11.1 Å². The van der Waals surface area contributed by atoms with Gasteiger partial charge in [-0.05, 0) is 53.9 Å². The lowest BCUT2D eigenvalue weighted by Crippen LogP contribution is -2.25. The first-order valence-corrected chi connectivity index (χ1v) is 11.6. The highest BCUT2D eigenvalue weighted by Gasteiger charge is 2.41. The normalized spacial score (nSPS) is 11.2. The largest absolute Gasteiger partial charge is 0.432 e. The highest BCUT2D eigenvalue weighted by molar-refractivity contribution is 5.66. The van der Waals surface area contributed by atoms with Gasteiger partial charge in [-0.2, -0.15) is 8.78 Å². The maximum absolute atomic E-state index is 14.8. The molecule has 0 aliphatic rings.